The van der Waals surface area contributed by atoms with E-state index in [-0.39, 0.29) is 17.1 Å². The summed E-state index contributed by atoms with van der Waals surface area (Å²) in [6.45, 7) is 3.90. The van der Waals surface area contributed by atoms with Crippen molar-refractivity contribution < 1.29 is 14.6 Å². The van der Waals surface area contributed by atoms with E-state index in [2.05, 4.69) is 20.1 Å². The van der Waals surface area contributed by atoms with Crippen LogP contribution < -0.4 is 5.43 Å². The van der Waals surface area contributed by atoms with Crippen LogP contribution in [0.3, 0.4) is 0 Å². The van der Waals surface area contributed by atoms with Crippen LogP contribution in [-0.2, 0) is 0 Å². The zero-order valence-corrected chi connectivity index (χ0v) is 20.5. The van der Waals surface area contributed by atoms with Crippen LogP contribution in [-0.4, -0.2) is 31.5 Å². The van der Waals surface area contributed by atoms with Gasteiger partial charge in [-0.25, -0.2) is 10.4 Å². The molecule has 0 saturated carbocycles. The van der Waals surface area contributed by atoms with Gasteiger partial charge < -0.3 is 4.57 Å². The first-order chi connectivity index (χ1) is 17.7. The van der Waals surface area contributed by atoms with E-state index in [1.165, 1.54) is 42.2 Å². The number of hydrogen-bond acceptors (Lipinski definition) is 8. The van der Waals surface area contributed by atoms with Gasteiger partial charge in [-0.15, -0.1) is 0 Å². The van der Waals surface area contributed by atoms with E-state index >= 15 is 0 Å². The van der Waals surface area contributed by atoms with E-state index in [1.54, 1.807) is 12.1 Å². The van der Waals surface area contributed by atoms with Crippen LogP contribution in [0.5, 0.6) is 0 Å². The highest BCUT2D eigenvalue weighted by Gasteiger charge is 2.12. The number of aryl methyl sites for hydroxylation is 1. The lowest BCUT2D eigenvalue weighted by Gasteiger charge is -2.10. The van der Waals surface area contributed by atoms with Crippen molar-refractivity contribution in [2.45, 2.75) is 23.6 Å². The van der Waals surface area contributed by atoms with Gasteiger partial charge in [0.15, 0.2) is 0 Å². The van der Waals surface area contributed by atoms with Crippen LogP contribution in [0.25, 0.3) is 5.69 Å². The van der Waals surface area contributed by atoms with Gasteiger partial charge in [0.05, 0.1) is 16.1 Å². The average Bonchev–Trinajstić information content (AvgIpc) is 3.17. The second-order valence-corrected chi connectivity index (χ2v) is 9.01. The van der Waals surface area contributed by atoms with E-state index in [0.717, 1.165) is 38.6 Å². The maximum Gasteiger partial charge on any atom is 0.289 e. The van der Waals surface area contributed by atoms with Gasteiger partial charge in [0.1, 0.15) is 11.9 Å². The van der Waals surface area contributed by atoms with Gasteiger partial charge in [0.25, 0.3) is 17.3 Å². The Morgan fingerprint density at radius 2 is 1.54 bits per heavy atom. The Hall–Kier alpha value is -4.84. The molecular weight excluding hydrogens is 496 g/mol. The second kappa shape index (κ2) is 10.8. The molecule has 0 saturated heterocycles. The fourth-order valence-corrected chi connectivity index (χ4v) is 4.41. The molecule has 2 heterocycles. The molecule has 0 atom stereocenters. The van der Waals surface area contributed by atoms with E-state index in [0.29, 0.717) is 0 Å². The summed E-state index contributed by atoms with van der Waals surface area (Å²) in [7, 11) is 0. The summed E-state index contributed by atoms with van der Waals surface area (Å²) in [5.74, 6) is -0.582. The number of pyridine rings is 1. The van der Waals surface area contributed by atoms with Crippen LogP contribution in [0.1, 0.15) is 27.4 Å². The number of amides is 1. The van der Waals surface area contributed by atoms with Gasteiger partial charge in [0, 0.05) is 50.6 Å². The number of carbonyl (C=O) groups is 1. The summed E-state index contributed by atoms with van der Waals surface area (Å²) in [5, 5.41) is 25.5. The summed E-state index contributed by atoms with van der Waals surface area (Å²) in [5.41, 5.74) is 5.88. The van der Waals surface area contributed by atoms with E-state index < -0.39 is 15.8 Å². The van der Waals surface area contributed by atoms with Crippen molar-refractivity contribution in [3.05, 3.63) is 116 Å². The Morgan fingerprint density at radius 3 is 2.11 bits per heavy atom. The molecule has 37 heavy (non-hydrogen) atoms. The molecule has 0 bridgehead atoms. The number of hydrazone groups is 1. The number of nitro groups is 2. The van der Waals surface area contributed by atoms with E-state index in [4.69, 9.17) is 0 Å². The maximum absolute atomic E-state index is 12.2. The predicted octanol–water partition coefficient (Wildman–Crippen LogP) is 5.22. The summed E-state index contributed by atoms with van der Waals surface area (Å²) in [4.78, 5) is 38.4. The van der Waals surface area contributed by atoms with Crippen LogP contribution >= 0.6 is 11.8 Å². The zero-order chi connectivity index (χ0) is 26.5. The lowest BCUT2D eigenvalue weighted by Crippen LogP contribution is -2.19. The van der Waals surface area contributed by atoms with Crippen molar-refractivity contribution in [3.63, 3.8) is 0 Å². The molecule has 4 rings (SSSR count). The van der Waals surface area contributed by atoms with Gasteiger partial charge in [-0.3, -0.25) is 25.0 Å². The number of aromatic nitrogens is 2. The Bertz CT molecular complexity index is 1500. The van der Waals surface area contributed by atoms with Crippen LogP contribution in [0.4, 0.5) is 11.4 Å². The summed E-state index contributed by atoms with van der Waals surface area (Å²) in [6.07, 6.45) is 2.54. The van der Waals surface area contributed by atoms with Crippen LogP contribution in [0, 0.1) is 34.1 Å². The van der Waals surface area contributed by atoms with Gasteiger partial charge in [-0.2, -0.15) is 5.10 Å². The number of nitro benzene ring substituents is 1. The highest BCUT2D eigenvalue weighted by atomic mass is 32.2. The molecule has 0 fully saturated rings. The van der Waals surface area contributed by atoms with Crippen LogP contribution in [0.2, 0.25) is 0 Å². The standard InChI is InChI=1S/C25H20N6O5S/c1-16-13-18(14-27-28-25(32)24-12-7-21(15-26-24)31(35)36)17(2)29(16)19-3-8-22(9-4-19)37-23-10-5-20(6-11-23)30(33)34/h3-15H,1-2H3,(H,28,32). The third-order valence-corrected chi connectivity index (χ3v) is 6.43. The number of carbonyl (C=O) groups excluding carboxylic acids is 1. The fourth-order valence-electron chi connectivity index (χ4n) is 3.60. The highest BCUT2D eigenvalue weighted by molar-refractivity contribution is 7.99. The predicted molar refractivity (Wildman–Crippen MR) is 138 cm³/mol. The fraction of sp³-hybridized carbons (Fsp3) is 0.0800. The number of non-ortho nitro benzene ring substituents is 1. The summed E-state index contributed by atoms with van der Waals surface area (Å²) < 4.78 is 2.06. The minimum Gasteiger partial charge on any atom is -0.318 e. The van der Waals surface area contributed by atoms with Crippen molar-refractivity contribution in [1.82, 2.24) is 15.0 Å². The average molecular weight is 517 g/mol. The van der Waals surface area contributed by atoms with Gasteiger partial charge in [-0.1, -0.05) is 11.8 Å². The molecule has 1 amide bonds. The van der Waals surface area contributed by atoms with Gasteiger partial charge in [0.2, 0.25) is 0 Å². The first-order valence-corrected chi connectivity index (χ1v) is 11.7. The van der Waals surface area contributed by atoms with E-state index in [9.17, 15) is 25.0 Å². The van der Waals surface area contributed by atoms with Crippen molar-refractivity contribution in [1.29, 1.82) is 0 Å². The maximum atomic E-state index is 12.2. The molecular formula is C25H20N6O5S. The highest BCUT2D eigenvalue weighted by Crippen LogP contribution is 2.30. The Labute approximate surface area is 215 Å². The first-order valence-electron chi connectivity index (χ1n) is 10.9. The molecule has 0 aliphatic heterocycles. The quantitative estimate of drug-likeness (QED) is 0.192. The molecule has 0 aliphatic rings. The zero-order valence-electron chi connectivity index (χ0n) is 19.7. The van der Waals surface area contributed by atoms with Crippen molar-refractivity contribution >= 4 is 35.3 Å². The largest absolute Gasteiger partial charge is 0.318 e. The molecule has 1 N–H and O–H groups in total. The molecule has 0 radical (unpaired) electrons. The molecule has 0 spiro atoms. The first kappa shape index (κ1) is 25.3. The van der Waals surface area contributed by atoms with Gasteiger partial charge in [-0.05, 0) is 62.4 Å². The molecule has 4 aromatic rings. The Kier molecular flexibility index (Phi) is 7.39. The third kappa shape index (κ3) is 5.87. The minimum atomic E-state index is -0.589. The smallest absolute Gasteiger partial charge is 0.289 e. The Balaban J connectivity index is 1.43. The lowest BCUT2D eigenvalue weighted by atomic mass is 10.2. The molecule has 0 aliphatic carbocycles. The summed E-state index contributed by atoms with van der Waals surface area (Å²) >= 11 is 1.51. The number of hydrogen-bond donors (Lipinski definition) is 1. The van der Waals surface area contributed by atoms with Gasteiger partial charge >= 0.3 is 0 Å². The van der Waals surface area contributed by atoms with Crippen molar-refractivity contribution in [3.8, 4) is 5.69 Å². The second-order valence-electron chi connectivity index (χ2n) is 7.87. The number of benzene rings is 2. The van der Waals surface area contributed by atoms with Crippen LogP contribution in [0.15, 0.2) is 87.8 Å². The van der Waals surface area contributed by atoms with Crippen molar-refractivity contribution in [2.24, 2.45) is 5.10 Å². The SMILES string of the molecule is Cc1cc(C=NNC(=O)c2ccc([N+](=O)[O-])cn2)c(C)n1-c1ccc(Sc2ccc([N+](=O)[O-])cc2)cc1. The normalized spacial score (nSPS) is 11.0. The Morgan fingerprint density at radius 1 is 0.946 bits per heavy atom. The lowest BCUT2D eigenvalue weighted by molar-refractivity contribution is -0.385. The minimum absolute atomic E-state index is 0.0138. The molecule has 186 valence electrons. The number of nitrogens with zero attached hydrogens (tertiary/aromatic N) is 5. The van der Waals surface area contributed by atoms with Crippen molar-refractivity contribution in [2.75, 3.05) is 0 Å². The third-order valence-electron chi connectivity index (χ3n) is 5.41. The van der Waals surface area contributed by atoms with E-state index in [1.807, 2.05) is 44.2 Å². The topological polar surface area (TPSA) is 146 Å². The number of nitrogens with one attached hydrogen (secondary N) is 1. The molecule has 11 nitrogen and oxygen atoms in total. The summed E-state index contributed by atoms with van der Waals surface area (Å²) in [6, 6.07) is 18.7. The molecule has 0 unspecified atom stereocenters. The molecule has 2 aromatic carbocycles. The molecule has 2 aromatic heterocycles. The number of rotatable bonds is 8. The monoisotopic (exact) mass is 516 g/mol. The molecule has 12 heteroatoms.